The van der Waals surface area contributed by atoms with Gasteiger partial charge >= 0.3 is 0 Å². The molecule has 2 amide bonds. The van der Waals surface area contributed by atoms with Crippen molar-refractivity contribution in [1.29, 1.82) is 0 Å². The van der Waals surface area contributed by atoms with Gasteiger partial charge in [0.25, 0.3) is 5.91 Å². The third-order valence-electron chi connectivity index (χ3n) is 4.89. The fraction of sp³-hybridized carbons (Fsp3) is 0.526. The zero-order chi connectivity index (χ0) is 17.8. The van der Waals surface area contributed by atoms with E-state index in [1.54, 1.807) is 0 Å². The highest BCUT2D eigenvalue weighted by molar-refractivity contribution is 6.42. The summed E-state index contributed by atoms with van der Waals surface area (Å²) in [6, 6.07) is 7.64. The maximum Gasteiger partial charge on any atom is 0.290 e. The van der Waals surface area contributed by atoms with Crippen LogP contribution in [0.25, 0.3) is 0 Å². The fourth-order valence-corrected chi connectivity index (χ4v) is 3.35. The number of hydrogen-bond donors (Lipinski definition) is 1. The molecule has 1 N–H and O–H groups in total. The number of rotatable bonds is 5. The number of nitrogens with one attached hydrogen (secondary N) is 1. The van der Waals surface area contributed by atoms with E-state index in [0.29, 0.717) is 12.6 Å². The van der Waals surface area contributed by atoms with Crippen LogP contribution in [-0.2, 0) is 20.9 Å². The van der Waals surface area contributed by atoms with Gasteiger partial charge in [-0.2, -0.15) is 0 Å². The van der Waals surface area contributed by atoms with Crippen LogP contribution < -0.4 is 10.1 Å². The van der Waals surface area contributed by atoms with E-state index in [0.717, 1.165) is 24.2 Å². The zero-order valence-electron chi connectivity index (χ0n) is 14.5. The van der Waals surface area contributed by atoms with Gasteiger partial charge in [-0.3, -0.25) is 14.4 Å². The lowest BCUT2D eigenvalue weighted by Gasteiger charge is -2.23. The highest BCUT2D eigenvalue weighted by atomic mass is 16.5. The molecule has 0 aromatic heterocycles. The zero-order valence-corrected chi connectivity index (χ0v) is 14.5. The number of likely N-dealkylation sites (tertiary alicyclic amines) is 1. The lowest BCUT2D eigenvalue weighted by Crippen LogP contribution is -2.35. The Hall–Kier alpha value is -2.37. The van der Waals surface area contributed by atoms with Crippen molar-refractivity contribution in [2.24, 2.45) is 5.92 Å². The highest BCUT2D eigenvalue weighted by Crippen LogP contribution is 2.23. The van der Waals surface area contributed by atoms with E-state index >= 15 is 0 Å². The molecule has 1 aromatic rings. The monoisotopic (exact) mass is 344 g/mol. The molecule has 2 aliphatic rings. The van der Waals surface area contributed by atoms with Crippen molar-refractivity contribution >= 4 is 17.6 Å². The molecule has 1 aliphatic heterocycles. The van der Waals surface area contributed by atoms with Gasteiger partial charge < -0.3 is 15.0 Å². The molecule has 1 unspecified atom stereocenters. The minimum absolute atomic E-state index is 0.150. The van der Waals surface area contributed by atoms with Gasteiger partial charge in [-0.15, -0.1) is 0 Å². The number of Topliss-reactive ketones (excluding diaryl/α,β-unsaturated/α-hetero) is 1. The molecule has 1 saturated heterocycles. The third-order valence-corrected chi connectivity index (χ3v) is 4.89. The van der Waals surface area contributed by atoms with Gasteiger partial charge in [0.05, 0.1) is 6.10 Å². The first-order valence-electron chi connectivity index (χ1n) is 8.87. The quantitative estimate of drug-likeness (QED) is 0.651. The van der Waals surface area contributed by atoms with E-state index < -0.39 is 23.5 Å². The molecule has 1 atom stereocenters. The van der Waals surface area contributed by atoms with Gasteiger partial charge in [0.1, 0.15) is 11.7 Å². The molecule has 0 bridgehead atoms. The van der Waals surface area contributed by atoms with Gasteiger partial charge in [0.2, 0.25) is 11.7 Å². The predicted molar refractivity (Wildman–Crippen MR) is 91.9 cm³/mol. The first-order chi connectivity index (χ1) is 12.0. The number of carbonyl (C=O) groups is 3. The first-order valence-corrected chi connectivity index (χ1v) is 8.87. The average Bonchev–Trinajstić information content (AvgIpc) is 2.89. The summed E-state index contributed by atoms with van der Waals surface area (Å²) in [5.41, 5.74) is 0.925. The van der Waals surface area contributed by atoms with Crippen molar-refractivity contribution in [1.82, 2.24) is 10.2 Å². The topological polar surface area (TPSA) is 75.7 Å². The van der Waals surface area contributed by atoms with Crippen molar-refractivity contribution in [2.45, 2.75) is 44.8 Å². The van der Waals surface area contributed by atoms with Crippen molar-refractivity contribution in [3.8, 4) is 5.75 Å². The van der Waals surface area contributed by atoms with Gasteiger partial charge in [0.15, 0.2) is 0 Å². The van der Waals surface area contributed by atoms with Crippen molar-refractivity contribution < 1.29 is 19.1 Å². The van der Waals surface area contributed by atoms with Crippen LogP contribution in [0.15, 0.2) is 24.3 Å². The molecule has 6 nitrogen and oxygen atoms in total. The van der Waals surface area contributed by atoms with E-state index in [9.17, 15) is 14.4 Å². The summed E-state index contributed by atoms with van der Waals surface area (Å²) in [6.07, 6.45) is 6.28. The minimum Gasteiger partial charge on any atom is -0.490 e. The number of ketones is 1. The van der Waals surface area contributed by atoms with Gasteiger partial charge in [-0.25, -0.2) is 0 Å². The first kappa shape index (κ1) is 17.5. The Labute approximate surface area is 147 Å². The molecule has 25 heavy (non-hydrogen) atoms. The summed E-state index contributed by atoms with van der Waals surface area (Å²) in [7, 11) is 1.53. The maximum absolute atomic E-state index is 12.1. The smallest absolute Gasteiger partial charge is 0.290 e. The Morgan fingerprint density at radius 1 is 1.16 bits per heavy atom. The van der Waals surface area contributed by atoms with Gasteiger partial charge in [-0.1, -0.05) is 18.6 Å². The molecule has 3 rings (SSSR count). The number of amides is 2. The summed E-state index contributed by atoms with van der Waals surface area (Å²) >= 11 is 0. The Morgan fingerprint density at radius 3 is 2.44 bits per heavy atom. The minimum atomic E-state index is -0.897. The number of carbonyl (C=O) groups excluding carboxylic acids is 3. The Kier molecular flexibility index (Phi) is 5.36. The van der Waals surface area contributed by atoms with Crippen LogP contribution in [-0.4, -0.2) is 42.2 Å². The summed E-state index contributed by atoms with van der Waals surface area (Å²) < 4.78 is 5.98. The van der Waals surface area contributed by atoms with Gasteiger partial charge in [0, 0.05) is 20.1 Å². The van der Waals surface area contributed by atoms with Gasteiger partial charge in [-0.05, 0) is 43.4 Å². The van der Waals surface area contributed by atoms with Crippen LogP contribution in [0.4, 0.5) is 0 Å². The number of nitrogens with zero attached hydrogens (tertiary/aromatic N) is 1. The Morgan fingerprint density at radius 2 is 1.84 bits per heavy atom. The largest absolute Gasteiger partial charge is 0.490 e. The Bertz CT molecular complexity index is 650. The molecule has 1 aromatic carbocycles. The van der Waals surface area contributed by atoms with Crippen molar-refractivity contribution in [3.63, 3.8) is 0 Å². The second-order valence-electron chi connectivity index (χ2n) is 6.84. The second-order valence-corrected chi connectivity index (χ2v) is 6.84. The molecular formula is C19H24N2O4. The molecule has 1 saturated carbocycles. The summed E-state index contributed by atoms with van der Waals surface area (Å²) in [5.74, 6) is -1.67. The standard InChI is InChI=1S/C19H24N2O4/c1-21-12-16(17(22)19(21)24)18(23)20-11-13-7-9-15(10-8-13)25-14-5-3-2-4-6-14/h7-10,14,16H,2-6,11-12H2,1H3,(H,20,23). The van der Waals surface area contributed by atoms with Crippen LogP contribution >= 0.6 is 0 Å². The van der Waals surface area contributed by atoms with E-state index in [1.807, 2.05) is 24.3 Å². The fourth-order valence-electron chi connectivity index (χ4n) is 3.35. The maximum atomic E-state index is 12.1. The lowest BCUT2D eigenvalue weighted by molar-refractivity contribution is -0.142. The number of ether oxygens (including phenoxy) is 1. The normalized spacial score (nSPS) is 21.5. The molecular weight excluding hydrogens is 320 g/mol. The number of likely N-dealkylation sites (N-methyl/N-ethyl adjacent to an activating group) is 1. The summed E-state index contributed by atoms with van der Waals surface area (Å²) in [5, 5.41) is 2.73. The summed E-state index contributed by atoms with van der Waals surface area (Å²) in [4.78, 5) is 36.6. The highest BCUT2D eigenvalue weighted by Gasteiger charge is 2.41. The van der Waals surface area contributed by atoms with E-state index in [-0.39, 0.29) is 6.54 Å². The van der Waals surface area contributed by atoms with Crippen LogP contribution in [0, 0.1) is 5.92 Å². The van der Waals surface area contributed by atoms with E-state index in [1.165, 1.54) is 31.2 Å². The number of benzene rings is 1. The number of hydrogen-bond acceptors (Lipinski definition) is 4. The molecule has 2 fully saturated rings. The molecule has 0 radical (unpaired) electrons. The SMILES string of the molecule is CN1CC(C(=O)NCc2ccc(OC3CCCCC3)cc2)C(=O)C1=O. The molecule has 1 heterocycles. The van der Waals surface area contributed by atoms with Crippen LogP contribution in [0.2, 0.25) is 0 Å². The average molecular weight is 344 g/mol. The van der Waals surface area contributed by atoms with Crippen LogP contribution in [0.1, 0.15) is 37.7 Å². The van der Waals surface area contributed by atoms with Crippen LogP contribution in [0.3, 0.4) is 0 Å². The third kappa shape index (κ3) is 4.18. The summed E-state index contributed by atoms with van der Waals surface area (Å²) in [6.45, 7) is 0.474. The molecule has 134 valence electrons. The van der Waals surface area contributed by atoms with Crippen molar-refractivity contribution in [3.05, 3.63) is 29.8 Å². The Balaban J connectivity index is 1.49. The van der Waals surface area contributed by atoms with E-state index in [4.69, 9.17) is 4.74 Å². The molecule has 6 heteroatoms. The van der Waals surface area contributed by atoms with Crippen LogP contribution in [0.5, 0.6) is 5.75 Å². The lowest BCUT2D eigenvalue weighted by atomic mass is 9.98. The second kappa shape index (κ2) is 7.68. The predicted octanol–water partition coefficient (Wildman–Crippen LogP) is 1.67. The van der Waals surface area contributed by atoms with Crippen molar-refractivity contribution in [2.75, 3.05) is 13.6 Å². The molecule has 0 spiro atoms. The molecule has 1 aliphatic carbocycles. The van der Waals surface area contributed by atoms with E-state index in [2.05, 4.69) is 5.32 Å².